The number of likely N-dealkylation sites (tertiary alicyclic amines) is 1. The molecule has 27 heavy (non-hydrogen) atoms. The average molecular weight is 377 g/mol. The fourth-order valence-corrected chi connectivity index (χ4v) is 3.62. The quantitative estimate of drug-likeness (QED) is 0.824. The third kappa shape index (κ3) is 4.50. The Morgan fingerprint density at radius 3 is 1.93 bits per heavy atom. The summed E-state index contributed by atoms with van der Waals surface area (Å²) in [6.45, 7) is 3.17. The molecule has 3 rings (SSSR count). The Balaban J connectivity index is 1.91. The first-order chi connectivity index (χ1) is 12.8. The van der Waals surface area contributed by atoms with Gasteiger partial charge in [-0.1, -0.05) is 42.0 Å². The lowest BCUT2D eigenvalue weighted by molar-refractivity contribution is -0.143. The highest BCUT2D eigenvalue weighted by Crippen LogP contribution is 2.35. The molecule has 1 N–H and O–H groups in total. The van der Waals surface area contributed by atoms with E-state index < -0.39 is 17.7 Å². The van der Waals surface area contributed by atoms with Crippen molar-refractivity contribution in [3.63, 3.8) is 0 Å². The smallest absolute Gasteiger partial charge is 0.416 e. The van der Waals surface area contributed by atoms with Crippen molar-refractivity contribution in [2.24, 2.45) is 5.92 Å². The summed E-state index contributed by atoms with van der Waals surface area (Å²) in [5, 5.41) is 9.21. The minimum atomic E-state index is -4.36. The zero-order chi connectivity index (χ0) is 19.6. The lowest BCUT2D eigenvalue weighted by atomic mass is 9.90. The zero-order valence-corrected chi connectivity index (χ0v) is 15.0. The van der Waals surface area contributed by atoms with Gasteiger partial charge in [0.25, 0.3) is 0 Å². The summed E-state index contributed by atoms with van der Waals surface area (Å²) in [5.41, 5.74) is 2.21. The Labute approximate surface area is 156 Å². The molecule has 1 heterocycles. The molecule has 3 nitrogen and oxygen atoms in total. The molecule has 1 unspecified atom stereocenters. The Morgan fingerprint density at radius 2 is 1.48 bits per heavy atom. The number of aryl methyl sites for hydroxylation is 1. The fraction of sp³-hybridized carbons (Fsp3) is 0.381. The van der Waals surface area contributed by atoms with Gasteiger partial charge in [0.1, 0.15) is 0 Å². The number of carboxylic acids is 1. The van der Waals surface area contributed by atoms with Gasteiger partial charge in [-0.2, -0.15) is 13.2 Å². The lowest BCUT2D eigenvalue weighted by Gasteiger charge is -2.37. The van der Waals surface area contributed by atoms with E-state index in [2.05, 4.69) is 4.90 Å². The number of alkyl halides is 3. The van der Waals surface area contributed by atoms with E-state index in [1.54, 1.807) is 0 Å². The second-order valence-corrected chi connectivity index (χ2v) is 7.08. The number of benzene rings is 2. The van der Waals surface area contributed by atoms with Crippen molar-refractivity contribution in [2.75, 3.05) is 13.1 Å². The topological polar surface area (TPSA) is 40.5 Å². The molecule has 2 aromatic carbocycles. The third-order valence-electron chi connectivity index (χ3n) is 5.19. The Morgan fingerprint density at radius 1 is 1.00 bits per heavy atom. The second-order valence-electron chi connectivity index (χ2n) is 7.08. The van der Waals surface area contributed by atoms with Gasteiger partial charge in [-0.15, -0.1) is 0 Å². The van der Waals surface area contributed by atoms with Crippen LogP contribution in [0.5, 0.6) is 0 Å². The zero-order valence-electron chi connectivity index (χ0n) is 15.0. The van der Waals surface area contributed by atoms with E-state index in [9.17, 15) is 23.1 Å². The summed E-state index contributed by atoms with van der Waals surface area (Å²) in [7, 11) is 0. The molecule has 1 atom stereocenters. The number of rotatable bonds is 4. The number of hydrogen-bond donors (Lipinski definition) is 1. The van der Waals surface area contributed by atoms with Gasteiger partial charge < -0.3 is 5.11 Å². The van der Waals surface area contributed by atoms with Gasteiger partial charge in [0.05, 0.1) is 17.5 Å². The summed E-state index contributed by atoms with van der Waals surface area (Å²) in [6.07, 6.45) is -3.28. The minimum absolute atomic E-state index is 0.192. The summed E-state index contributed by atoms with van der Waals surface area (Å²) >= 11 is 0. The standard InChI is InChI=1S/C21H22F3NO2/c1-14-2-4-15(5-3-14)19(25-12-10-17(11-13-25)20(26)27)16-6-8-18(9-7-16)21(22,23)24/h2-9,17,19H,10-13H2,1H3,(H,26,27). The number of hydrogen-bond acceptors (Lipinski definition) is 2. The van der Waals surface area contributed by atoms with Gasteiger partial charge in [-0.3, -0.25) is 9.69 Å². The summed E-state index contributed by atoms with van der Waals surface area (Å²) in [4.78, 5) is 13.4. The number of nitrogens with zero attached hydrogens (tertiary/aromatic N) is 1. The predicted molar refractivity (Wildman–Crippen MR) is 96.4 cm³/mol. The van der Waals surface area contributed by atoms with Crippen LogP contribution in [-0.4, -0.2) is 29.1 Å². The number of carboxylic acid groups (broad SMARTS) is 1. The molecule has 0 saturated carbocycles. The minimum Gasteiger partial charge on any atom is -0.481 e. The van der Waals surface area contributed by atoms with Gasteiger partial charge in [0.15, 0.2) is 0 Å². The lowest BCUT2D eigenvalue weighted by Crippen LogP contribution is -2.39. The predicted octanol–water partition coefficient (Wildman–Crippen LogP) is 4.90. The van der Waals surface area contributed by atoms with Crippen molar-refractivity contribution in [1.82, 2.24) is 4.90 Å². The van der Waals surface area contributed by atoms with E-state index in [1.807, 2.05) is 31.2 Å². The normalized spacial score (nSPS) is 17.6. The molecule has 1 aliphatic heterocycles. The third-order valence-corrected chi connectivity index (χ3v) is 5.19. The van der Waals surface area contributed by atoms with Crippen molar-refractivity contribution < 1.29 is 23.1 Å². The maximum atomic E-state index is 12.9. The van der Waals surface area contributed by atoms with E-state index in [4.69, 9.17) is 0 Å². The van der Waals surface area contributed by atoms with Crippen molar-refractivity contribution in [3.05, 3.63) is 70.8 Å². The second kappa shape index (κ2) is 7.72. The van der Waals surface area contributed by atoms with Crippen LogP contribution in [0, 0.1) is 12.8 Å². The van der Waals surface area contributed by atoms with Gasteiger partial charge >= 0.3 is 12.1 Å². The number of halogens is 3. The van der Waals surface area contributed by atoms with E-state index in [0.717, 1.165) is 28.8 Å². The number of carbonyl (C=O) groups is 1. The molecule has 0 aliphatic carbocycles. The van der Waals surface area contributed by atoms with E-state index in [0.29, 0.717) is 25.9 Å². The van der Waals surface area contributed by atoms with Crippen LogP contribution in [0.2, 0.25) is 0 Å². The molecule has 6 heteroatoms. The van der Waals surface area contributed by atoms with Crippen LogP contribution in [0.25, 0.3) is 0 Å². The summed E-state index contributed by atoms with van der Waals surface area (Å²) in [6, 6.07) is 13.0. The van der Waals surface area contributed by atoms with Gasteiger partial charge in [-0.05, 0) is 56.1 Å². The highest BCUT2D eigenvalue weighted by atomic mass is 19.4. The van der Waals surface area contributed by atoms with Crippen LogP contribution in [0.3, 0.4) is 0 Å². The van der Waals surface area contributed by atoms with Crippen molar-refractivity contribution in [3.8, 4) is 0 Å². The van der Waals surface area contributed by atoms with E-state index in [-0.39, 0.29) is 12.0 Å². The highest BCUT2D eigenvalue weighted by Gasteiger charge is 2.32. The largest absolute Gasteiger partial charge is 0.481 e. The molecular weight excluding hydrogens is 355 g/mol. The van der Waals surface area contributed by atoms with Crippen LogP contribution >= 0.6 is 0 Å². The molecule has 1 fully saturated rings. The SMILES string of the molecule is Cc1ccc(C(c2ccc(C(F)(F)F)cc2)N2CCC(C(=O)O)CC2)cc1. The van der Waals surface area contributed by atoms with Crippen LogP contribution in [0.4, 0.5) is 13.2 Å². The molecule has 2 aromatic rings. The first kappa shape index (κ1) is 19.4. The van der Waals surface area contributed by atoms with Crippen molar-refractivity contribution >= 4 is 5.97 Å². The maximum absolute atomic E-state index is 12.9. The average Bonchev–Trinajstić information content (AvgIpc) is 2.64. The van der Waals surface area contributed by atoms with E-state index >= 15 is 0 Å². The van der Waals surface area contributed by atoms with Crippen LogP contribution in [0.15, 0.2) is 48.5 Å². The molecule has 0 bridgehead atoms. The summed E-state index contributed by atoms with van der Waals surface area (Å²) < 4.78 is 38.7. The first-order valence-electron chi connectivity index (χ1n) is 8.96. The molecule has 0 amide bonds. The molecule has 0 radical (unpaired) electrons. The first-order valence-corrected chi connectivity index (χ1v) is 8.96. The van der Waals surface area contributed by atoms with Crippen LogP contribution in [0.1, 0.15) is 41.1 Å². The maximum Gasteiger partial charge on any atom is 0.416 e. The molecular formula is C21H22F3NO2. The molecule has 144 valence electrons. The van der Waals surface area contributed by atoms with Gasteiger partial charge in [-0.25, -0.2) is 0 Å². The Bertz CT molecular complexity index is 777. The summed E-state index contributed by atoms with van der Waals surface area (Å²) in [5.74, 6) is -1.14. The van der Waals surface area contributed by atoms with E-state index in [1.165, 1.54) is 12.1 Å². The van der Waals surface area contributed by atoms with Gasteiger partial charge in [0, 0.05) is 0 Å². The Hall–Kier alpha value is -2.34. The molecule has 1 saturated heterocycles. The number of aliphatic carboxylic acids is 1. The fourth-order valence-electron chi connectivity index (χ4n) is 3.62. The van der Waals surface area contributed by atoms with Crippen molar-refractivity contribution in [1.29, 1.82) is 0 Å². The van der Waals surface area contributed by atoms with Crippen LogP contribution in [-0.2, 0) is 11.0 Å². The molecule has 1 aliphatic rings. The molecule has 0 spiro atoms. The van der Waals surface area contributed by atoms with Crippen molar-refractivity contribution in [2.45, 2.75) is 32.0 Å². The highest BCUT2D eigenvalue weighted by molar-refractivity contribution is 5.70. The van der Waals surface area contributed by atoms with Gasteiger partial charge in [0.2, 0.25) is 0 Å². The van der Waals surface area contributed by atoms with Crippen LogP contribution < -0.4 is 0 Å². The Kier molecular flexibility index (Phi) is 5.56. The molecule has 0 aromatic heterocycles. The monoisotopic (exact) mass is 377 g/mol. The number of piperidine rings is 1.